The van der Waals surface area contributed by atoms with Crippen molar-refractivity contribution < 1.29 is 24.1 Å². The first-order chi connectivity index (χ1) is 10.5. The second kappa shape index (κ2) is 7.04. The number of carbonyl (C=O) groups is 1. The van der Waals surface area contributed by atoms with Crippen LogP contribution in [0.5, 0.6) is 5.88 Å². The van der Waals surface area contributed by atoms with E-state index in [0.717, 1.165) is 5.39 Å². The Labute approximate surface area is 126 Å². The van der Waals surface area contributed by atoms with Gasteiger partial charge in [0.1, 0.15) is 5.82 Å². The molecule has 2 rings (SSSR count). The topological polar surface area (TPSA) is 91.7 Å². The highest BCUT2D eigenvalue weighted by atomic mass is 19.1. The molecule has 1 aromatic carbocycles. The first-order valence-corrected chi connectivity index (χ1v) is 6.75. The summed E-state index contributed by atoms with van der Waals surface area (Å²) in [6.07, 6.45) is -1.02. The van der Waals surface area contributed by atoms with Crippen LogP contribution in [-0.2, 0) is 6.42 Å². The summed E-state index contributed by atoms with van der Waals surface area (Å²) < 4.78 is 19.2. The molecule has 0 aliphatic carbocycles. The van der Waals surface area contributed by atoms with Crippen LogP contribution in [0.4, 0.5) is 9.18 Å². The van der Waals surface area contributed by atoms with E-state index in [4.69, 9.17) is 9.84 Å². The van der Waals surface area contributed by atoms with E-state index in [0.29, 0.717) is 17.0 Å². The smallest absolute Gasteiger partial charge is 0.404 e. The van der Waals surface area contributed by atoms with E-state index < -0.39 is 17.8 Å². The highest BCUT2D eigenvalue weighted by molar-refractivity contribution is 5.82. The average Bonchev–Trinajstić information content (AvgIpc) is 2.52. The van der Waals surface area contributed by atoms with E-state index in [-0.39, 0.29) is 19.6 Å². The molecule has 3 N–H and O–H groups in total. The molecule has 0 aliphatic rings. The molecule has 0 spiro atoms. The number of methoxy groups -OCH3 is 1. The molecule has 0 radical (unpaired) electrons. The number of hydrogen-bond acceptors (Lipinski definition) is 4. The third-order valence-electron chi connectivity index (χ3n) is 3.39. The van der Waals surface area contributed by atoms with E-state index in [1.165, 1.54) is 13.2 Å². The highest BCUT2D eigenvalue weighted by Crippen LogP contribution is 2.25. The molecule has 1 heterocycles. The van der Waals surface area contributed by atoms with Gasteiger partial charge in [0.25, 0.3) is 0 Å². The van der Waals surface area contributed by atoms with Crippen LogP contribution in [0, 0.1) is 11.7 Å². The van der Waals surface area contributed by atoms with Gasteiger partial charge in [0, 0.05) is 36.1 Å². The summed E-state index contributed by atoms with van der Waals surface area (Å²) in [7, 11) is 1.47. The van der Waals surface area contributed by atoms with Gasteiger partial charge in [0.15, 0.2) is 0 Å². The Bertz CT molecular complexity index is 678. The van der Waals surface area contributed by atoms with Crippen molar-refractivity contribution in [2.75, 3.05) is 20.3 Å². The molecule has 7 heteroatoms. The van der Waals surface area contributed by atoms with E-state index >= 15 is 0 Å². The van der Waals surface area contributed by atoms with Gasteiger partial charge in [0.05, 0.1) is 12.6 Å². The number of fused-ring (bicyclic) bond motifs is 1. The number of rotatable bonds is 6. The molecule has 6 nitrogen and oxygen atoms in total. The van der Waals surface area contributed by atoms with Gasteiger partial charge in [-0.25, -0.2) is 14.2 Å². The van der Waals surface area contributed by atoms with E-state index in [2.05, 4.69) is 10.3 Å². The molecule has 0 bridgehead atoms. The van der Waals surface area contributed by atoms with Crippen LogP contribution in [0.1, 0.15) is 5.56 Å². The predicted molar refractivity (Wildman–Crippen MR) is 78.6 cm³/mol. The zero-order valence-electron chi connectivity index (χ0n) is 12.0. The van der Waals surface area contributed by atoms with Gasteiger partial charge >= 0.3 is 6.09 Å². The first-order valence-electron chi connectivity index (χ1n) is 6.75. The van der Waals surface area contributed by atoms with Crippen LogP contribution in [0.2, 0.25) is 0 Å². The summed E-state index contributed by atoms with van der Waals surface area (Å²) in [6, 6.07) is 6.40. The molecule has 2 aromatic rings. The summed E-state index contributed by atoms with van der Waals surface area (Å²) in [5, 5.41) is 20.9. The van der Waals surface area contributed by atoms with Crippen molar-refractivity contribution in [3.63, 3.8) is 0 Å². The molecule has 1 atom stereocenters. The number of aliphatic hydroxyl groups is 1. The molecule has 1 amide bonds. The number of nitrogens with zero attached hydrogens (tertiary/aromatic N) is 1. The number of ether oxygens (including phenoxy) is 1. The van der Waals surface area contributed by atoms with Gasteiger partial charge in [-0.1, -0.05) is 0 Å². The Balaban J connectivity index is 2.35. The third kappa shape index (κ3) is 3.62. The number of benzene rings is 1. The van der Waals surface area contributed by atoms with Crippen LogP contribution < -0.4 is 10.1 Å². The van der Waals surface area contributed by atoms with Crippen LogP contribution in [0.25, 0.3) is 10.9 Å². The first kappa shape index (κ1) is 16.0. The number of hydrogen-bond donors (Lipinski definition) is 3. The van der Waals surface area contributed by atoms with E-state index in [1.54, 1.807) is 18.2 Å². The van der Waals surface area contributed by atoms with Crippen molar-refractivity contribution in [3.05, 3.63) is 35.6 Å². The van der Waals surface area contributed by atoms with Crippen LogP contribution in [-0.4, -0.2) is 41.6 Å². The fourth-order valence-electron chi connectivity index (χ4n) is 2.23. The number of aromatic nitrogens is 1. The lowest BCUT2D eigenvalue weighted by molar-refractivity contribution is 0.184. The molecule has 118 valence electrons. The monoisotopic (exact) mass is 308 g/mol. The maximum Gasteiger partial charge on any atom is 0.404 e. The number of aliphatic hydroxyl groups excluding tert-OH is 1. The molecule has 1 aromatic heterocycles. The minimum Gasteiger partial charge on any atom is -0.481 e. The normalized spacial score (nSPS) is 12.1. The second-order valence-corrected chi connectivity index (χ2v) is 4.89. The molecule has 1 unspecified atom stereocenters. The van der Waals surface area contributed by atoms with Crippen LogP contribution >= 0.6 is 0 Å². The summed E-state index contributed by atoms with van der Waals surface area (Å²) >= 11 is 0. The Hall–Kier alpha value is -2.41. The largest absolute Gasteiger partial charge is 0.481 e. The minimum absolute atomic E-state index is 0.0334. The standard InChI is InChI=1S/C15H17FN2O4/c1-22-13-5-3-10-2-4-12(16)11(14(10)18-13)6-9(8-19)7-17-15(20)21/h2-5,9,17,19H,6-8H2,1H3,(H,20,21). The molecular weight excluding hydrogens is 291 g/mol. The van der Waals surface area contributed by atoms with Gasteiger partial charge in [0.2, 0.25) is 5.88 Å². The van der Waals surface area contributed by atoms with Crippen LogP contribution in [0.3, 0.4) is 0 Å². The molecule has 0 fully saturated rings. The average molecular weight is 308 g/mol. The fraction of sp³-hybridized carbons (Fsp3) is 0.333. The summed E-state index contributed by atoms with van der Waals surface area (Å²) in [6.45, 7) is -0.230. The van der Waals surface area contributed by atoms with Crippen molar-refractivity contribution in [1.82, 2.24) is 10.3 Å². The minimum atomic E-state index is -1.18. The zero-order valence-corrected chi connectivity index (χ0v) is 12.0. The van der Waals surface area contributed by atoms with Crippen molar-refractivity contribution in [1.29, 1.82) is 0 Å². The molecule has 0 aliphatic heterocycles. The lowest BCUT2D eigenvalue weighted by Gasteiger charge is -2.16. The Morgan fingerprint density at radius 1 is 1.41 bits per heavy atom. The van der Waals surface area contributed by atoms with Crippen molar-refractivity contribution in [2.45, 2.75) is 6.42 Å². The van der Waals surface area contributed by atoms with Crippen molar-refractivity contribution in [3.8, 4) is 5.88 Å². The zero-order chi connectivity index (χ0) is 16.1. The molecular formula is C15H17FN2O4. The van der Waals surface area contributed by atoms with E-state index in [1.807, 2.05) is 0 Å². The lowest BCUT2D eigenvalue weighted by Crippen LogP contribution is -2.30. The number of carboxylic acid groups (broad SMARTS) is 1. The van der Waals surface area contributed by atoms with Gasteiger partial charge in [-0.05, 0) is 24.6 Å². The number of amides is 1. The summed E-state index contributed by atoms with van der Waals surface area (Å²) in [5.41, 5.74) is 0.788. The Morgan fingerprint density at radius 2 is 2.14 bits per heavy atom. The van der Waals surface area contributed by atoms with Gasteiger partial charge < -0.3 is 20.3 Å². The fourth-order valence-corrected chi connectivity index (χ4v) is 2.23. The third-order valence-corrected chi connectivity index (χ3v) is 3.39. The summed E-state index contributed by atoms with van der Waals surface area (Å²) in [4.78, 5) is 14.8. The van der Waals surface area contributed by atoms with Gasteiger partial charge in [-0.2, -0.15) is 0 Å². The van der Waals surface area contributed by atoms with Gasteiger partial charge in [-0.3, -0.25) is 0 Å². The number of halogens is 1. The maximum atomic E-state index is 14.2. The second-order valence-electron chi connectivity index (χ2n) is 4.89. The van der Waals surface area contributed by atoms with E-state index in [9.17, 15) is 14.3 Å². The van der Waals surface area contributed by atoms with Crippen LogP contribution in [0.15, 0.2) is 24.3 Å². The Morgan fingerprint density at radius 3 is 2.77 bits per heavy atom. The highest BCUT2D eigenvalue weighted by Gasteiger charge is 2.16. The quantitative estimate of drug-likeness (QED) is 0.757. The maximum absolute atomic E-state index is 14.2. The number of pyridine rings is 1. The van der Waals surface area contributed by atoms with Crippen molar-refractivity contribution in [2.24, 2.45) is 5.92 Å². The SMILES string of the molecule is COc1ccc2ccc(F)c(CC(CO)CNC(=O)O)c2n1. The van der Waals surface area contributed by atoms with Crippen molar-refractivity contribution >= 4 is 17.0 Å². The lowest BCUT2D eigenvalue weighted by atomic mass is 9.97. The summed E-state index contributed by atoms with van der Waals surface area (Å²) in [5.74, 6) is -0.519. The molecule has 0 saturated heterocycles. The predicted octanol–water partition coefficient (Wildman–Crippen LogP) is 1.80. The Kier molecular flexibility index (Phi) is 5.11. The molecule has 0 saturated carbocycles. The van der Waals surface area contributed by atoms with Gasteiger partial charge in [-0.15, -0.1) is 0 Å². The number of nitrogens with one attached hydrogen (secondary N) is 1. The molecule has 22 heavy (non-hydrogen) atoms.